The summed E-state index contributed by atoms with van der Waals surface area (Å²) >= 11 is 0. The van der Waals surface area contributed by atoms with Gasteiger partial charge in [0.1, 0.15) is 6.10 Å². The molecule has 3 aliphatic rings. The van der Waals surface area contributed by atoms with Crippen LogP contribution in [0.2, 0.25) is 0 Å². The molecule has 1 saturated carbocycles. The first-order valence-corrected chi connectivity index (χ1v) is 3.81. The molecule has 0 aromatic carbocycles. The van der Waals surface area contributed by atoms with Gasteiger partial charge in [0.25, 0.3) is 0 Å². The van der Waals surface area contributed by atoms with Crippen molar-refractivity contribution >= 4 is 0 Å². The lowest BCUT2D eigenvalue weighted by molar-refractivity contribution is -0.157. The normalized spacial score (nSPS) is 63.9. The van der Waals surface area contributed by atoms with E-state index in [0.717, 1.165) is 6.42 Å². The Labute approximate surface area is 58.9 Å². The first-order valence-electron chi connectivity index (χ1n) is 3.81. The van der Waals surface area contributed by atoms with E-state index in [1.807, 2.05) is 0 Å². The van der Waals surface area contributed by atoms with E-state index in [1.54, 1.807) is 0 Å². The third-order valence-electron chi connectivity index (χ3n) is 2.82. The van der Waals surface area contributed by atoms with Gasteiger partial charge in [-0.3, -0.25) is 0 Å². The van der Waals surface area contributed by atoms with Crippen LogP contribution in [-0.4, -0.2) is 30.2 Å². The molecule has 2 heterocycles. The molecule has 1 aliphatic carbocycles. The van der Waals surface area contributed by atoms with Crippen molar-refractivity contribution < 1.29 is 14.6 Å². The van der Waals surface area contributed by atoms with E-state index in [9.17, 15) is 5.11 Å². The number of hydrogen-bond acceptors (Lipinski definition) is 3. The fourth-order valence-electron chi connectivity index (χ4n) is 2.10. The molecule has 3 heteroatoms. The molecule has 2 saturated heterocycles. The summed E-state index contributed by atoms with van der Waals surface area (Å²) in [5.41, 5.74) is 0. The monoisotopic (exact) mass is 142 g/mol. The Bertz CT molecular complexity index is 168. The van der Waals surface area contributed by atoms with E-state index in [-0.39, 0.29) is 12.4 Å². The first kappa shape index (κ1) is 5.52. The van der Waals surface area contributed by atoms with E-state index in [2.05, 4.69) is 0 Å². The summed E-state index contributed by atoms with van der Waals surface area (Å²) < 4.78 is 10.6. The van der Waals surface area contributed by atoms with Crippen LogP contribution in [0.5, 0.6) is 0 Å². The summed E-state index contributed by atoms with van der Waals surface area (Å²) in [6.45, 7) is 0.697. The third-order valence-corrected chi connectivity index (χ3v) is 2.82. The van der Waals surface area contributed by atoms with Gasteiger partial charge < -0.3 is 14.6 Å². The lowest BCUT2D eigenvalue weighted by Gasteiger charge is -2.22. The number of aliphatic hydroxyl groups is 1. The maximum Gasteiger partial charge on any atom is 0.184 e. The van der Waals surface area contributed by atoms with Crippen molar-refractivity contribution in [1.29, 1.82) is 0 Å². The molecule has 2 bridgehead atoms. The zero-order chi connectivity index (χ0) is 6.72. The molecule has 3 nitrogen and oxygen atoms in total. The fraction of sp³-hybridized carbons (Fsp3) is 1.00. The standard InChI is InChI=1S/C7H10O3/c8-6-4-1-3(4)5-2-9-7(6)10-5/h3-8H,1-2H2/t3-,4-,5+,6-,7+/m0/s1. The van der Waals surface area contributed by atoms with Crippen LogP contribution in [0, 0.1) is 11.8 Å². The average Bonchev–Trinajstić information content (AvgIpc) is 2.61. The lowest BCUT2D eigenvalue weighted by atomic mass is 10.1. The minimum Gasteiger partial charge on any atom is -0.388 e. The fourth-order valence-corrected chi connectivity index (χ4v) is 2.10. The summed E-state index contributed by atoms with van der Waals surface area (Å²) in [6.07, 6.45) is 0.807. The van der Waals surface area contributed by atoms with Crippen molar-refractivity contribution in [2.24, 2.45) is 11.8 Å². The lowest BCUT2D eigenvalue weighted by Crippen LogP contribution is -2.34. The molecule has 0 radical (unpaired) electrons. The van der Waals surface area contributed by atoms with Gasteiger partial charge in [0.05, 0.1) is 12.7 Å². The van der Waals surface area contributed by atoms with Gasteiger partial charge in [0.2, 0.25) is 0 Å². The van der Waals surface area contributed by atoms with Crippen LogP contribution in [0.3, 0.4) is 0 Å². The van der Waals surface area contributed by atoms with Crippen LogP contribution < -0.4 is 0 Å². The third kappa shape index (κ3) is 0.516. The zero-order valence-corrected chi connectivity index (χ0v) is 5.56. The van der Waals surface area contributed by atoms with Crippen LogP contribution in [0.4, 0.5) is 0 Å². The molecule has 10 heavy (non-hydrogen) atoms. The van der Waals surface area contributed by atoms with Crippen molar-refractivity contribution in [1.82, 2.24) is 0 Å². The maximum absolute atomic E-state index is 9.46. The van der Waals surface area contributed by atoms with Crippen molar-refractivity contribution in [3.05, 3.63) is 0 Å². The number of ether oxygens (including phenoxy) is 2. The number of aliphatic hydroxyl groups excluding tert-OH is 1. The summed E-state index contributed by atoms with van der Waals surface area (Å²) in [4.78, 5) is 0. The van der Waals surface area contributed by atoms with Gasteiger partial charge in [-0.15, -0.1) is 0 Å². The topological polar surface area (TPSA) is 38.7 Å². The van der Waals surface area contributed by atoms with Crippen LogP contribution in [0.1, 0.15) is 6.42 Å². The SMILES string of the molecule is O[C@@H]1[C@@H]2OC[C@@H](O2)[C@H]2C[C@H]12. The molecule has 0 unspecified atom stereocenters. The summed E-state index contributed by atoms with van der Waals surface area (Å²) in [5, 5.41) is 9.46. The second-order valence-corrected chi connectivity index (χ2v) is 3.43. The Morgan fingerprint density at radius 2 is 2.20 bits per heavy atom. The van der Waals surface area contributed by atoms with Crippen molar-refractivity contribution in [3.8, 4) is 0 Å². The molecule has 0 aromatic heterocycles. The second-order valence-electron chi connectivity index (χ2n) is 3.43. The number of hydrogen-bond donors (Lipinski definition) is 1. The Kier molecular flexibility index (Phi) is 0.854. The Morgan fingerprint density at radius 1 is 1.30 bits per heavy atom. The average molecular weight is 142 g/mol. The van der Waals surface area contributed by atoms with Gasteiger partial charge in [-0.2, -0.15) is 0 Å². The van der Waals surface area contributed by atoms with E-state index < -0.39 is 0 Å². The van der Waals surface area contributed by atoms with Gasteiger partial charge in [0.15, 0.2) is 6.29 Å². The van der Waals surface area contributed by atoms with E-state index >= 15 is 0 Å². The summed E-state index contributed by atoms with van der Waals surface area (Å²) in [6, 6.07) is 0. The van der Waals surface area contributed by atoms with E-state index in [1.165, 1.54) is 0 Å². The quantitative estimate of drug-likeness (QED) is 0.506. The number of fused-ring (bicyclic) bond motifs is 4. The highest BCUT2D eigenvalue weighted by Crippen LogP contribution is 2.52. The second kappa shape index (κ2) is 1.55. The van der Waals surface area contributed by atoms with Crippen molar-refractivity contribution in [3.63, 3.8) is 0 Å². The highest BCUT2D eigenvalue weighted by Gasteiger charge is 2.58. The molecular formula is C7H10O3. The predicted octanol–water partition coefficient (Wildman–Crippen LogP) is -0.262. The first-order chi connectivity index (χ1) is 4.86. The highest BCUT2D eigenvalue weighted by atomic mass is 16.7. The molecule has 2 aliphatic heterocycles. The van der Waals surface area contributed by atoms with E-state index in [4.69, 9.17) is 9.47 Å². The Morgan fingerprint density at radius 3 is 3.10 bits per heavy atom. The van der Waals surface area contributed by atoms with Crippen LogP contribution in [0.15, 0.2) is 0 Å². The summed E-state index contributed by atoms with van der Waals surface area (Å²) in [5.74, 6) is 1.10. The molecule has 1 N–H and O–H groups in total. The number of rotatable bonds is 0. The highest BCUT2D eigenvalue weighted by molar-refractivity contribution is 5.03. The molecule has 56 valence electrons. The van der Waals surface area contributed by atoms with Crippen LogP contribution >= 0.6 is 0 Å². The molecule has 5 atom stereocenters. The molecule has 3 fully saturated rings. The van der Waals surface area contributed by atoms with Gasteiger partial charge in [0, 0.05) is 0 Å². The van der Waals surface area contributed by atoms with E-state index in [0.29, 0.717) is 24.5 Å². The minimum atomic E-state index is -0.344. The maximum atomic E-state index is 9.46. The predicted molar refractivity (Wildman–Crippen MR) is 32.2 cm³/mol. The van der Waals surface area contributed by atoms with Gasteiger partial charge >= 0.3 is 0 Å². The molecular weight excluding hydrogens is 132 g/mol. The van der Waals surface area contributed by atoms with Crippen molar-refractivity contribution in [2.45, 2.75) is 24.9 Å². The summed E-state index contributed by atoms with van der Waals surface area (Å²) in [7, 11) is 0. The zero-order valence-electron chi connectivity index (χ0n) is 5.56. The molecule has 0 amide bonds. The van der Waals surface area contributed by atoms with Gasteiger partial charge in [-0.25, -0.2) is 0 Å². The van der Waals surface area contributed by atoms with Crippen LogP contribution in [0.25, 0.3) is 0 Å². The molecule has 0 spiro atoms. The van der Waals surface area contributed by atoms with Crippen molar-refractivity contribution in [2.75, 3.05) is 6.61 Å². The van der Waals surface area contributed by atoms with Gasteiger partial charge in [-0.1, -0.05) is 0 Å². The Hall–Kier alpha value is -0.120. The molecule has 0 aromatic rings. The van der Waals surface area contributed by atoms with Crippen LogP contribution in [-0.2, 0) is 9.47 Å². The Balaban J connectivity index is 1.91. The smallest absolute Gasteiger partial charge is 0.184 e. The largest absolute Gasteiger partial charge is 0.388 e. The minimum absolute atomic E-state index is 0.297. The molecule has 3 rings (SSSR count). The van der Waals surface area contributed by atoms with Gasteiger partial charge in [-0.05, 0) is 18.3 Å².